The highest BCUT2D eigenvalue weighted by Crippen LogP contribution is 2.18. The van der Waals surface area contributed by atoms with Crippen LogP contribution in [0.1, 0.15) is 28.6 Å². The molecular weight excluding hydrogens is 446 g/mol. The van der Waals surface area contributed by atoms with Gasteiger partial charge in [-0.3, -0.25) is 15.5 Å². The van der Waals surface area contributed by atoms with Gasteiger partial charge in [0.1, 0.15) is 18.3 Å². The van der Waals surface area contributed by atoms with Gasteiger partial charge in [0.25, 0.3) is 5.91 Å². The number of aromatic nitrogens is 2. The number of benzene rings is 3. The summed E-state index contributed by atoms with van der Waals surface area (Å²) in [6, 6.07) is 23.7. The van der Waals surface area contributed by atoms with Gasteiger partial charge in [0.15, 0.2) is 6.10 Å². The molecule has 9 heteroatoms. The summed E-state index contributed by atoms with van der Waals surface area (Å²) in [5, 5.41) is 13.3. The molecule has 0 radical (unpaired) electrons. The van der Waals surface area contributed by atoms with Crippen molar-refractivity contribution in [1.82, 2.24) is 20.6 Å². The van der Waals surface area contributed by atoms with Crippen LogP contribution in [0.2, 0.25) is 0 Å². The van der Waals surface area contributed by atoms with E-state index in [1.807, 2.05) is 54.6 Å². The van der Waals surface area contributed by atoms with Gasteiger partial charge in [-0.15, -0.1) is 0 Å². The Kier molecular flexibility index (Phi) is 7.49. The van der Waals surface area contributed by atoms with E-state index in [4.69, 9.17) is 14.9 Å². The molecule has 178 valence electrons. The van der Waals surface area contributed by atoms with Gasteiger partial charge >= 0.3 is 6.09 Å². The Bertz CT molecular complexity index is 1290. The minimum absolute atomic E-state index is 0.0806. The predicted molar refractivity (Wildman–Crippen MR) is 131 cm³/mol. The molecule has 0 saturated carbocycles. The van der Waals surface area contributed by atoms with Gasteiger partial charge in [0, 0.05) is 19.2 Å². The fourth-order valence-corrected chi connectivity index (χ4v) is 3.44. The fraction of sp³-hybridized carbons (Fsp3) is 0.154. The number of carbonyl (C=O) groups excluding carboxylic acids is 2. The number of amides is 2. The minimum atomic E-state index is -0.874. The van der Waals surface area contributed by atoms with Crippen LogP contribution in [-0.4, -0.2) is 34.9 Å². The number of carbonyl (C=O) groups is 2. The van der Waals surface area contributed by atoms with Gasteiger partial charge in [-0.1, -0.05) is 66.7 Å². The molecule has 4 rings (SSSR count). The molecule has 0 aliphatic rings. The lowest BCUT2D eigenvalue weighted by Crippen LogP contribution is -2.31. The number of imidazole rings is 1. The van der Waals surface area contributed by atoms with Gasteiger partial charge in [0.05, 0.1) is 11.0 Å². The van der Waals surface area contributed by atoms with Crippen LogP contribution in [0.4, 0.5) is 4.79 Å². The highest BCUT2D eigenvalue weighted by molar-refractivity contribution is 6.04. The number of H-pyrrole nitrogens is 1. The molecule has 2 amide bonds. The van der Waals surface area contributed by atoms with Gasteiger partial charge in [0.2, 0.25) is 0 Å². The van der Waals surface area contributed by atoms with Crippen LogP contribution in [0.5, 0.6) is 0 Å². The van der Waals surface area contributed by atoms with Crippen LogP contribution in [0.3, 0.4) is 0 Å². The molecule has 1 aromatic heterocycles. The number of ether oxygens (including phenoxy) is 2. The number of nitrogens with one attached hydrogen (secondary N) is 4. The number of fused-ring (bicyclic) bond motifs is 1. The molecular formula is C26H25N5O4. The maximum absolute atomic E-state index is 12.7. The first-order valence-electron chi connectivity index (χ1n) is 10.9. The van der Waals surface area contributed by atoms with Crippen LogP contribution < -0.4 is 10.6 Å². The quantitative estimate of drug-likeness (QED) is 0.229. The second kappa shape index (κ2) is 11.1. The standard InChI is InChI=1S/C26H25N5O4/c1-34-22(24-29-20-9-5-6-10-21(20)30-24)25(32)28-15-17-11-13-19(14-12-17)23(27)31-26(33)35-16-18-7-3-2-4-8-18/h2-14,22H,15-16H2,1H3,(H,28,32)(H,29,30)(H2,27,31,33). The lowest BCUT2D eigenvalue weighted by Gasteiger charge is -2.13. The molecule has 1 heterocycles. The minimum Gasteiger partial charge on any atom is -0.444 e. The smallest absolute Gasteiger partial charge is 0.413 e. The Hall–Kier alpha value is -4.50. The van der Waals surface area contributed by atoms with E-state index < -0.39 is 12.2 Å². The van der Waals surface area contributed by atoms with Crippen molar-refractivity contribution < 1.29 is 19.1 Å². The van der Waals surface area contributed by atoms with Gasteiger partial charge in [-0.25, -0.2) is 9.78 Å². The molecule has 35 heavy (non-hydrogen) atoms. The number of hydrogen-bond acceptors (Lipinski definition) is 6. The van der Waals surface area contributed by atoms with Crippen molar-refractivity contribution in [3.05, 3.63) is 101 Å². The molecule has 3 aromatic carbocycles. The Morgan fingerprint density at radius 1 is 0.971 bits per heavy atom. The van der Waals surface area contributed by atoms with Crippen molar-refractivity contribution in [2.24, 2.45) is 0 Å². The molecule has 0 saturated heterocycles. The third-order valence-electron chi connectivity index (χ3n) is 5.28. The molecule has 0 aliphatic carbocycles. The summed E-state index contributed by atoms with van der Waals surface area (Å²) in [7, 11) is 1.45. The average molecular weight is 472 g/mol. The predicted octanol–water partition coefficient (Wildman–Crippen LogP) is 3.82. The van der Waals surface area contributed by atoms with E-state index in [-0.39, 0.29) is 24.9 Å². The molecule has 0 spiro atoms. The van der Waals surface area contributed by atoms with Crippen molar-refractivity contribution in [3.63, 3.8) is 0 Å². The lowest BCUT2D eigenvalue weighted by molar-refractivity contribution is -0.132. The lowest BCUT2D eigenvalue weighted by atomic mass is 10.1. The largest absolute Gasteiger partial charge is 0.444 e. The Morgan fingerprint density at radius 3 is 2.40 bits per heavy atom. The second-order valence-electron chi connectivity index (χ2n) is 7.73. The van der Waals surface area contributed by atoms with Gasteiger partial charge < -0.3 is 19.8 Å². The summed E-state index contributed by atoms with van der Waals surface area (Å²) in [5.74, 6) is 0.0226. The number of nitrogens with zero attached hydrogens (tertiary/aromatic N) is 1. The van der Waals surface area contributed by atoms with Crippen molar-refractivity contribution in [2.45, 2.75) is 19.3 Å². The third-order valence-corrected chi connectivity index (χ3v) is 5.28. The number of aromatic amines is 1. The zero-order valence-electron chi connectivity index (χ0n) is 19.1. The number of alkyl carbamates (subject to hydrolysis) is 1. The van der Waals surface area contributed by atoms with E-state index >= 15 is 0 Å². The number of amidine groups is 1. The highest BCUT2D eigenvalue weighted by Gasteiger charge is 2.23. The number of rotatable bonds is 8. The molecule has 4 aromatic rings. The van der Waals surface area contributed by atoms with Crippen LogP contribution >= 0.6 is 0 Å². The topological polar surface area (TPSA) is 129 Å². The second-order valence-corrected chi connectivity index (χ2v) is 7.73. The van der Waals surface area contributed by atoms with Gasteiger partial charge in [-0.2, -0.15) is 0 Å². The van der Waals surface area contributed by atoms with E-state index in [1.54, 1.807) is 24.3 Å². The molecule has 1 unspecified atom stereocenters. The van der Waals surface area contributed by atoms with Crippen molar-refractivity contribution in [3.8, 4) is 0 Å². The van der Waals surface area contributed by atoms with Crippen molar-refractivity contribution >= 4 is 28.9 Å². The summed E-state index contributed by atoms with van der Waals surface area (Å²) in [5.41, 5.74) is 3.77. The number of methoxy groups -OCH3 is 1. The monoisotopic (exact) mass is 471 g/mol. The molecule has 9 nitrogen and oxygen atoms in total. The Labute approximate surface area is 202 Å². The molecule has 0 fully saturated rings. The van der Waals surface area contributed by atoms with Crippen molar-refractivity contribution in [2.75, 3.05) is 7.11 Å². The Balaban J connectivity index is 1.28. The molecule has 1 atom stereocenters. The zero-order chi connectivity index (χ0) is 24.6. The third kappa shape index (κ3) is 6.10. The van der Waals surface area contributed by atoms with Crippen LogP contribution in [0.15, 0.2) is 78.9 Å². The summed E-state index contributed by atoms with van der Waals surface area (Å²) in [4.78, 5) is 32.2. The summed E-state index contributed by atoms with van der Waals surface area (Å²) < 4.78 is 10.5. The fourth-order valence-electron chi connectivity index (χ4n) is 3.44. The normalized spacial score (nSPS) is 11.6. The average Bonchev–Trinajstić information content (AvgIpc) is 3.31. The summed E-state index contributed by atoms with van der Waals surface area (Å²) in [6.07, 6.45) is -1.58. The molecule has 0 aliphatic heterocycles. The van der Waals surface area contributed by atoms with Crippen molar-refractivity contribution in [1.29, 1.82) is 5.41 Å². The van der Waals surface area contributed by atoms with E-state index in [9.17, 15) is 9.59 Å². The Morgan fingerprint density at radius 2 is 1.69 bits per heavy atom. The molecule has 4 N–H and O–H groups in total. The van der Waals surface area contributed by atoms with Crippen LogP contribution in [0, 0.1) is 5.41 Å². The summed E-state index contributed by atoms with van der Waals surface area (Å²) in [6.45, 7) is 0.383. The van der Waals surface area contributed by atoms with Gasteiger partial charge in [-0.05, 0) is 23.3 Å². The van der Waals surface area contributed by atoms with Crippen LogP contribution in [-0.2, 0) is 27.4 Å². The number of hydrogen-bond donors (Lipinski definition) is 4. The number of para-hydroxylation sites is 2. The van der Waals surface area contributed by atoms with E-state index in [2.05, 4.69) is 20.6 Å². The SMILES string of the molecule is COC(C(=O)NCc1ccc(C(=N)NC(=O)OCc2ccccc2)cc1)c1nc2ccccc2[nH]1. The van der Waals surface area contributed by atoms with E-state index in [0.717, 1.165) is 22.2 Å². The maximum Gasteiger partial charge on any atom is 0.413 e. The van der Waals surface area contributed by atoms with E-state index in [0.29, 0.717) is 11.4 Å². The highest BCUT2D eigenvalue weighted by atomic mass is 16.5. The first-order chi connectivity index (χ1) is 17.0. The van der Waals surface area contributed by atoms with Crippen LogP contribution in [0.25, 0.3) is 11.0 Å². The maximum atomic E-state index is 12.7. The molecule has 0 bridgehead atoms. The first kappa shape index (κ1) is 23.7. The van der Waals surface area contributed by atoms with E-state index in [1.165, 1.54) is 7.11 Å². The zero-order valence-corrected chi connectivity index (χ0v) is 19.1. The summed E-state index contributed by atoms with van der Waals surface area (Å²) >= 11 is 0. The first-order valence-corrected chi connectivity index (χ1v) is 10.9.